The molecule has 0 saturated heterocycles. The van der Waals surface area contributed by atoms with Gasteiger partial charge >= 0.3 is 6.03 Å². The molecule has 8 nitrogen and oxygen atoms in total. The van der Waals surface area contributed by atoms with Gasteiger partial charge in [0.25, 0.3) is 15.9 Å². The van der Waals surface area contributed by atoms with Crippen LogP contribution in [0.25, 0.3) is 11.1 Å². The summed E-state index contributed by atoms with van der Waals surface area (Å²) in [5, 5.41) is 5.63. The van der Waals surface area contributed by atoms with Crippen molar-refractivity contribution in [1.29, 1.82) is 0 Å². The van der Waals surface area contributed by atoms with Gasteiger partial charge in [0.1, 0.15) is 5.75 Å². The number of urea groups is 1. The van der Waals surface area contributed by atoms with Crippen molar-refractivity contribution in [3.63, 3.8) is 0 Å². The summed E-state index contributed by atoms with van der Waals surface area (Å²) >= 11 is 6.00. The maximum Gasteiger partial charge on any atom is 0.328 e. The second-order valence-corrected chi connectivity index (χ2v) is 9.60. The van der Waals surface area contributed by atoms with E-state index < -0.39 is 16.1 Å². The number of carbonyl (C=O) groups is 2. The Labute approximate surface area is 209 Å². The molecular formula is C25H26ClN3O5S. The minimum Gasteiger partial charge on any atom is -0.496 e. The fraction of sp³-hybridized carbons (Fsp3) is 0.200. The zero-order valence-electron chi connectivity index (χ0n) is 19.3. The molecule has 0 aliphatic carbocycles. The Kier molecular flexibility index (Phi) is 8.73. The minimum atomic E-state index is -4.16. The Morgan fingerprint density at radius 3 is 2.40 bits per heavy atom. The fourth-order valence-electron chi connectivity index (χ4n) is 3.45. The zero-order valence-corrected chi connectivity index (χ0v) is 20.9. The Hall–Kier alpha value is -3.56. The van der Waals surface area contributed by atoms with Gasteiger partial charge in [0.05, 0.1) is 17.6 Å². The zero-order chi connectivity index (χ0) is 25.4. The average Bonchev–Trinajstić information content (AvgIpc) is 2.84. The molecule has 10 heteroatoms. The largest absolute Gasteiger partial charge is 0.496 e. The molecule has 3 aromatic rings. The van der Waals surface area contributed by atoms with Crippen LogP contribution in [0.4, 0.5) is 4.79 Å². The molecule has 3 amide bonds. The van der Waals surface area contributed by atoms with Gasteiger partial charge in [0, 0.05) is 23.7 Å². The van der Waals surface area contributed by atoms with Crippen LogP contribution in [0, 0.1) is 0 Å². The average molecular weight is 516 g/mol. The second-order valence-electron chi connectivity index (χ2n) is 7.51. The molecule has 0 bridgehead atoms. The molecule has 0 unspecified atom stereocenters. The molecule has 35 heavy (non-hydrogen) atoms. The fourth-order valence-corrected chi connectivity index (χ4v) is 4.83. The lowest BCUT2D eigenvalue weighted by Gasteiger charge is -2.14. The predicted octanol–water partition coefficient (Wildman–Crippen LogP) is 4.00. The third-order valence-electron chi connectivity index (χ3n) is 5.09. The number of amides is 3. The van der Waals surface area contributed by atoms with Crippen LogP contribution in [0.5, 0.6) is 5.75 Å². The SMILES string of the molecule is CCNC(=O)NS(=O)(=O)c1cc(CCNC(=O)c2cc(Cl)ccc2OC)ccc1-c1ccccc1. The van der Waals surface area contributed by atoms with Crippen LogP contribution in [0.3, 0.4) is 0 Å². The third-order valence-corrected chi connectivity index (χ3v) is 6.70. The molecule has 0 aliphatic heterocycles. The van der Waals surface area contributed by atoms with Crippen molar-refractivity contribution >= 4 is 33.6 Å². The summed E-state index contributed by atoms with van der Waals surface area (Å²) in [5.41, 5.74) is 2.11. The smallest absolute Gasteiger partial charge is 0.328 e. The molecular weight excluding hydrogens is 490 g/mol. The number of rotatable bonds is 9. The molecule has 3 rings (SSSR count). The first-order valence-corrected chi connectivity index (χ1v) is 12.7. The van der Waals surface area contributed by atoms with Crippen LogP contribution >= 0.6 is 11.6 Å². The quantitative estimate of drug-likeness (QED) is 0.398. The molecule has 0 spiro atoms. The highest BCUT2D eigenvalue weighted by Crippen LogP contribution is 2.28. The number of halogens is 1. The van der Waals surface area contributed by atoms with Gasteiger partial charge < -0.3 is 15.4 Å². The van der Waals surface area contributed by atoms with E-state index in [2.05, 4.69) is 15.4 Å². The summed E-state index contributed by atoms with van der Waals surface area (Å²) in [6.07, 6.45) is 0.355. The van der Waals surface area contributed by atoms with Gasteiger partial charge in [-0.1, -0.05) is 54.1 Å². The van der Waals surface area contributed by atoms with Crippen LogP contribution in [0.1, 0.15) is 22.8 Å². The first kappa shape index (κ1) is 26.1. The second kappa shape index (κ2) is 11.7. The van der Waals surface area contributed by atoms with Crippen LogP contribution in [-0.2, 0) is 16.4 Å². The number of nitrogens with one attached hydrogen (secondary N) is 3. The van der Waals surface area contributed by atoms with Gasteiger partial charge in [0.2, 0.25) is 0 Å². The van der Waals surface area contributed by atoms with E-state index in [0.29, 0.717) is 39.4 Å². The summed E-state index contributed by atoms with van der Waals surface area (Å²) in [6.45, 7) is 2.21. The number of carbonyl (C=O) groups excluding carboxylic acids is 2. The van der Waals surface area contributed by atoms with E-state index in [9.17, 15) is 18.0 Å². The van der Waals surface area contributed by atoms with Gasteiger partial charge in [-0.15, -0.1) is 0 Å². The van der Waals surface area contributed by atoms with Crippen molar-refractivity contribution in [2.75, 3.05) is 20.2 Å². The number of methoxy groups -OCH3 is 1. The summed E-state index contributed by atoms with van der Waals surface area (Å²) in [4.78, 5) is 24.5. The first-order valence-electron chi connectivity index (χ1n) is 10.9. The predicted molar refractivity (Wildman–Crippen MR) is 135 cm³/mol. The van der Waals surface area contributed by atoms with Gasteiger partial charge in [-0.2, -0.15) is 0 Å². The molecule has 184 valence electrons. The van der Waals surface area contributed by atoms with E-state index in [-0.39, 0.29) is 23.9 Å². The third kappa shape index (κ3) is 6.74. The molecule has 0 fully saturated rings. The van der Waals surface area contributed by atoms with Gasteiger partial charge in [-0.3, -0.25) is 4.79 Å². The van der Waals surface area contributed by atoms with Gasteiger partial charge in [0.15, 0.2) is 0 Å². The molecule has 0 atom stereocenters. The Bertz CT molecular complexity index is 1310. The van der Waals surface area contributed by atoms with Crippen LogP contribution < -0.4 is 20.1 Å². The number of hydrogen-bond donors (Lipinski definition) is 3. The topological polar surface area (TPSA) is 114 Å². The van der Waals surface area contributed by atoms with Crippen molar-refractivity contribution < 1.29 is 22.7 Å². The van der Waals surface area contributed by atoms with E-state index in [0.717, 1.165) is 0 Å². The standard InChI is InChI=1S/C25H26ClN3O5S/c1-3-27-25(31)29-35(32,33)23-15-17(9-11-20(23)18-7-5-4-6-8-18)13-14-28-24(30)21-16-19(26)10-12-22(21)34-2/h4-12,15-16H,3,13-14H2,1-2H3,(H,28,30)(H2,27,29,31). The lowest BCUT2D eigenvalue weighted by molar-refractivity contribution is 0.0951. The Balaban J connectivity index is 1.83. The highest BCUT2D eigenvalue weighted by molar-refractivity contribution is 7.90. The van der Waals surface area contributed by atoms with E-state index in [4.69, 9.17) is 16.3 Å². The summed E-state index contributed by atoms with van der Waals surface area (Å²) in [5.74, 6) is 0.0277. The van der Waals surface area contributed by atoms with Crippen molar-refractivity contribution in [2.45, 2.75) is 18.2 Å². The minimum absolute atomic E-state index is 0.0321. The lowest BCUT2D eigenvalue weighted by Crippen LogP contribution is -2.39. The normalized spacial score (nSPS) is 10.9. The van der Waals surface area contributed by atoms with E-state index >= 15 is 0 Å². The molecule has 0 radical (unpaired) electrons. The van der Waals surface area contributed by atoms with Crippen LogP contribution in [-0.4, -0.2) is 40.6 Å². The van der Waals surface area contributed by atoms with Crippen molar-refractivity contribution in [3.8, 4) is 16.9 Å². The van der Waals surface area contributed by atoms with Crippen LogP contribution in [0.15, 0.2) is 71.6 Å². The highest BCUT2D eigenvalue weighted by Gasteiger charge is 2.22. The van der Waals surface area contributed by atoms with Crippen molar-refractivity contribution in [2.24, 2.45) is 0 Å². The maximum atomic E-state index is 13.1. The molecule has 3 N–H and O–H groups in total. The van der Waals surface area contributed by atoms with Crippen LogP contribution in [0.2, 0.25) is 5.02 Å². The molecule has 0 aliphatic rings. The number of hydrogen-bond acceptors (Lipinski definition) is 5. The lowest BCUT2D eigenvalue weighted by atomic mass is 10.0. The molecule has 0 saturated carbocycles. The highest BCUT2D eigenvalue weighted by atomic mass is 35.5. The first-order chi connectivity index (χ1) is 16.7. The van der Waals surface area contributed by atoms with E-state index in [1.54, 1.807) is 55.5 Å². The number of ether oxygens (including phenoxy) is 1. The summed E-state index contributed by atoms with van der Waals surface area (Å²) < 4.78 is 33.4. The maximum absolute atomic E-state index is 13.1. The summed E-state index contributed by atoms with van der Waals surface area (Å²) in [7, 11) is -2.70. The Morgan fingerprint density at radius 2 is 1.71 bits per heavy atom. The number of sulfonamides is 1. The molecule has 0 aromatic heterocycles. The van der Waals surface area contributed by atoms with Crippen molar-refractivity contribution in [3.05, 3.63) is 82.9 Å². The van der Waals surface area contributed by atoms with Gasteiger partial charge in [-0.25, -0.2) is 17.9 Å². The summed E-state index contributed by atoms with van der Waals surface area (Å²) in [6, 6.07) is 18.0. The number of benzene rings is 3. The van der Waals surface area contributed by atoms with Crippen molar-refractivity contribution in [1.82, 2.24) is 15.4 Å². The molecule has 3 aromatic carbocycles. The Morgan fingerprint density at radius 1 is 0.971 bits per heavy atom. The van der Waals surface area contributed by atoms with Gasteiger partial charge in [-0.05, 0) is 48.7 Å². The monoisotopic (exact) mass is 515 g/mol. The van der Waals surface area contributed by atoms with E-state index in [1.807, 2.05) is 6.07 Å². The van der Waals surface area contributed by atoms with E-state index in [1.165, 1.54) is 19.2 Å². The molecule has 0 heterocycles.